The second-order valence-electron chi connectivity index (χ2n) is 5.06. The molecule has 20 heavy (non-hydrogen) atoms. The Kier molecular flexibility index (Phi) is 3.74. The van der Waals surface area contributed by atoms with Crippen molar-refractivity contribution in [1.29, 1.82) is 0 Å². The van der Waals surface area contributed by atoms with Gasteiger partial charge in [-0.2, -0.15) is 0 Å². The Hall–Kier alpha value is -1.81. The van der Waals surface area contributed by atoms with Crippen LogP contribution in [0.2, 0.25) is 0 Å². The van der Waals surface area contributed by atoms with Crippen molar-refractivity contribution in [2.75, 3.05) is 6.61 Å². The van der Waals surface area contributed by atoms with E-state index in [2.05, 4.69) is 23.7 Å². The van der Waals surface area contributed by atoms with E-state index in [0.29, 0.717) is 13.2 Å². The molecule has 1 aliphatic heterocycles. The normalized spacial score (nSPS) is 17.1. The lowest BCUT2D eigenvalue weighted by Crippen LogP contribution is -2.36. The zero-order chi connectivity index (χ0) is 13.9. The van der Waals surface area contributed by atoms with Gasteiger partial charge in [-0.3, -0.25) is 4.79 Å². The predicted molar refractivity (Wildman–Crippen MR) is 80.0 cm³/mol. The quantitative estimate of drug-likeness (QED) is 0.942. The van der Waals surface area contributed by atoms with E-state index in [1.807, 2.05) is 24.3 Å². The third-order valence-corrected chi connectivity index (χ3v) is 4.66. The van der Waals surface area contributed by atoms with Crippen LogP contribution in [-0.4, -0.2) is 12.5 Å². The van der Waals surface area contributed by atoms with Gasteiger partial charge in [0.15, 0.2) is 0 Å². The van der Waals surface area contributed by atoms with Crippen molar-refractivity contribution in [3.8, 4) is 5.75 Å². The molecular weight excluding hydrogens is 270 g/mol. The van der Waals surface area contributed by atoms with E-state index in [1.165, 1.54) is 10.4 Å². The molecule has 1 aromatic heterocycles. The Morgan fingerprint density at radius 1 is 1.40 bits per heavy atom. The Morgan fingerprint density at radius 3 is 3.05 bits per heavy atom. The Morgan fingerprint density at radius 2 is 2.25 bits per heavy atom. The van der Waals surface area contributed by atoms with Crippen LogP contribution in [0.15, 0.2) is 35.7 Å². The molecule has 0 fully saturated rings. The summed E-state index contributed by atoms with van der Waals surface area (Å²) >= 11 is 1.68. The van der Waals surface area contributed by atoms with Crippen molar-refractivity contribution in [2.24, 2.45) is 5.92 Å². The summed E-state index contributed by atoms with van der Waals surface area (Å²) in [6.45, 7) is 3.14. The Labute approximate surface area is 122 Å². The number of hydrogen-bond acceptors (Lipinski definition) is 3. The van der Waals surface area contributed by atoms with Crippen LogP contribution in [0.4, 0.5) is 0 Å². The van der Waals surface area contributed by atoms with E-state index in [9.17, 15) is 4.79 Å². The van der Waals surface area contributed by atoms with Crippen molar-refractivity contribution in [2.45, 2.75) is 19.9 Å². The topological polar surface area (TPSA) is 38.3 Å². The molecule has 2 aromatic rings. The Balaban J connectivity index is 1.60. The molecule has 3 nitrogen and oxygen atoms in total. The maximum atomic E-state index is 12.2. The molecule has 0 saturated carbocycles. The first kappa shape index (κ1) is 13.2. The SMILES string of the molecule is Cc1ccsc1CNC(=O)C1COc2ccccc2C1. The minimum atomic E-state index is -0.0924. The second kappa shape index (κ2) is 5.67. The van der Waals surface area contributed by atoms with Gasteiger partial charge in [-0.05, 0) is 42.0 Å². The van der Waals surface area contributed by atoms with Crippen LogP contribution >= 0.6 is 11.3 Å². The summed E-state index contributed by atoms with van der Waals surface area (Å²) in [5.74, 6) is 0.892. The number of aryl methyl sites for hydroxylation is 1. The number of thiophene rings is 1. The van der Waals surface area contributed by atoms with Crippen molar-refractivity contribution in [3.63, 3.8) is 0 Å². The molecule has 0 saturated heterocycles. The lowest BCUT2D eigenvalue weighted by Gasteiger charge is -2.24. The minimum Gasteiger partial charge on any atom is -0.492 e. The van der Waals surface area contributed by atoms with Gasteiger partial charge in [0, 0.05) is 4.88 Å². The average molecular weight is 287 g/mol. The van der Waals surface area contributed by atoms with Crippen LogP contribution in [0.5, 0.6) is 5.75 Å². The van der Waals surface area contributed by atoms with Crippen molar-refractivity contribution >= 4 is 17.2 Å². The smallest absolute Gasteiger partial charge is 0.227 e. The molecule has 0 bridgehead atoms. The van der Waals surface area contributed by atoms with Gasteiger partial charge >= 0.3 is 0 Å². The number of para-hydroxylation sites is 1. The molecule has 0 aliphatic carbocycles. The van der Waals surface area contributed by atoms with E-state index < -0.39 is 0 Å². The third-order valence-electron chi connectivity index (χ3n) is 3.64. The molecule has 104 valence electrons. The highest BCUT2D eigenvalue weighted by atomic mass is 32.1. The lowest BCUT2D eigenvalue weighted by molar-refractivity contribution is -0.126. The first-order valence-corrected chi connectivity index (χ1v) is 7.63. The first-order valence-electron chi connectivity index (χ1n) is 6.75. The molecule has 1 N–H and O–H groups in total. The van der Waals surface area contributed by atoms with Gasteiger partial charge in [-0.1, -0.05) is 18.2 Å². The monoisotopic (exact) mass is 287 g/mol. The molecule has 1 aliphatic rings. The fourth-order valence-corrected chi connectivity index (χ4v) is 3.24. The maximum Gasteiger partial charge on any atom is 0.227 e. The predicted octanol–water partition coefficient (Wildman–Crippen LogP) is 2.92. The zero-order valence-electron chi connectivity index (χ0n) is 11.4. The van der Waals surface area contributed by atoms with E-state index in [1.54, 1.807) is 11.3 Å². The molecule has 0 spiro atoms. The van der Waals surface area contributed by atoms with Crippen LogP contribution in [-0.2, 0) is 17.8 Å². The zero-order valence-corrected chi connectivity index (χ0v) is 12.2. The van der Waals surface area contributed by atoms with Crippen molar-refractivity contribution in [1.82, 2.24) is 5.32 Å². The second-order valence-corrected chi connectivity index (χ2v) is 6.07. The number of ether oxygens (including phenoxy) is 1. The number of fused-ring (bicyclic) bond motifs is 1. The van der Waals surface area contributed by atoms with Gasteiger partial charge in [-0.25, -0.2) is 0 Å². The highest BCUT2D eigenvalue weighted by Crippen LogP contribution is 2.27. The molecule has 1 amide bonds. The average Bonchev–Trinajstić information content (AvgIpc) is 2.89. The van der Waals surface area contributed by atoms with Crippen LogP contribution in [0.25, 0.3) is 0 Å². The standard InChI is InChI=1S/C16H17NO2S/c1-11-6-7-20-15(11)9-17-16(18)13-8-12-4-2-3-5-14(12)19-10-13/h2-7,13H,8-10H2,1H3,(H,17,18). The third kappa shape index (κ3) is 2.70. The van der Waals surface area contributed by atoms with Gasteiger partial charge in [0.1, 0.15) is 12.4 Å². The highest BCUT2D eigenvalue weighted by molar-refractivity contribution is 7.10. The van der Waals surface area contributed by atoms with Crippen LogP contribution < -0.4 is 10.1 Å². The number of amides is 1. The number of nitrogens with one attached hydrogen (secondary N) is 1. The minimum absolute atomic E-state index is 0.0762. The molecule has 3 rings (SSSR count). The summed E-state index contributed by atoms with van der Waals surface area (Å²) < 4.78 is 5.66. The highest BCUT2D eigenvalue weighted by Gasteiger charge is 2.25. The molecule has 1 atom stereocenters. The molecule has 2 heterocycles. The van der Waals surface area contributed by atoms with E-state index in [0.717, 1.165) is 17.7 Å². The van der Waals surface area contributed by atoms with E-state index in [-0.39, 0.29) is 11.8 Å². The number of carbonyl (C=O) groups is 1. The fraction of sp³-hybridized carbons (Fsp3) is 0.312. The van der Waals surface area contributed by atoms with Crippen molar-refractivity contribution in [3.05, 3.63) is 51.7 Å². The fourth-order valence-electron chi connectivity index (χ4n) is 2.39. The summed E-state index contributed by atoms with van der Waals surface area (Å²) in [4.78, 5) is 13.4. The summed E-state index contributed by atoms with van der Waals surface area (Å²) in [5.41, 5.74) is 2.35. The van der Waals surface area contributed by atoms with Crippen LogP contribution in [0.1, 0.15) is 16.0 Å². The van der Waals surface area contributed by atoms with Gasteiger partial charge in [0.25, 0.3) is 0 Å². The van der Waals surface area contributed by atoms with Gasteiger partial charge in [0.05, 0.1) is 12.5 Å². The molecular formula is C16H17NO2S. The number of carbonyl (C=O) groups excluding carboxylic acids is 1. The largest absolute Gasteiger partial charge is 0.492 e. The Bertz CT molecular complexity index is 620. The number of rotatable bonds is 3. The number of benzene rings is 1. The van der Waals surface area contributed by atoms with E-state index >= 15 is 0 Å². The summed E-state index contributed by atoms with van der Waals surface area (Å²) in [7, 11) is 0. The molecule has 1 aromatic carbocycles. The summed E-state index contributed by atoms with van der Waals surface area (Å²) in [6, 6.07) is 10.00. The first-order chi connectivity index (χ1) is 9.74. The maximum absolute atomic E-state index is 12.2. The summed E-state index contributed by atoms with van der Waals surface area (Å²) in [6.07, 6.45) is 0.755. The van der Waals surface area contributed by atoms with Gasteiger partial charge < -0.3 is 10.1 Å². The molecule has 4 heteroatoms. The van der Waals surface area contributed by atoms with E-state index in [4.69, 9.17) is 4.74 Å². The molecule has 1 unspecified atom stereocenters. The molecule has 0 radical (unpaired) electrons. The van der Waals surface area contributed by atoms with Crippen LogP contribution in [0, 0.1) is 12.8 Å². The van der Waals surface area contributed by atoms with Gasteiger partial charge in [0.2, 0.25) is 5.91 Å². The van der Waals surface area contributed by atoms with Crippen molar-refractivity contribution < 1.29 is 9.53 Å². The summed E-state index contributed by atoms with van der Waals surface area (Å²) in [5, 5.41) is 5.07. The lowest BCUT2D eigenvalue weighted by atomic mass is 9.96. The van der Waals surface area contributed by atoms with Gasteiger partial charge in [-0.15, -0.1) is 11.3 Å². The van der Waals surface area contributed by atoms with Crippen LogP contribution in [0.3, 0.4) is 0 Å². The number of hydrogen-bond donors (Lipinski definition) is 1.